The van der Waals surface area contributed by atoms with Crippen molar-refractivity contribution in [3.8, 4) is 0 Å². The van der Waals surface area contributed by atoms with Crippen molar-refractivity contribution in [3.05, 3.63) is 0 Å². The van der Waals surface area contributed by atoms with Crippen molar-refractivity contribution in [1.82, 2.24) is 10.2 Å². The molecule has 1 saturated carbocycles. The second-order valence-electron chi connectivity index (χ2n) is 5.66. The van der Waals surface area contributed by atoms with Gasteiger partial charge in [0.2, 0.25) is 0 Å². The van der Waals surface area contributed by atoms with Crippen LogP contribution < -0.4 is 5.32 Å². The van der Waals surface area contributed by atoms with Crippen LogP contribution >= 0.6 is 0 Å². The molecule has 1 rings (SSSR count). The fourth-order valence-electron chi connectivity index (χ4n) is 2.40. The molecule has 0 spiro atoms. The molecule has 0 aromatic heterocycles. The summed E-state index contributed by atoms with van der Waals surface area (Å²) in [6.07, 6.45) is 1.08. The SMILES string of the molecule is COC1CC(NCC(O)CN(C)C)C1(C)C. The molecule has 0 bridgehead atoms. The topological polar surface area (TPSA) is 44.7 Å². The highest BCUT2D eigenvalue weighted by Gasteiger charge is 2.48. The van der Waals surface area contributed by atoms with Gasteiger partial charge in [0.05, 0.1) is 12.2 Å². The molecule has 0 aromatic carbocycles. The number of aliphatic hydroxyl groups excluding tert-OH is 1. The summed E-state index contributed by atoms with van der Waals surface area (Å²) in [7, 11) is 5.71. The Labute approximate surface area is 99.0 Å². The molecule has 16 heavy (non-hydrogen) atoms. The van der Waals surface area contributed by atoms with Gasteiger partial charge in [-0.2, -0.15) is 0 Å². The molecule has 96 valence electrons. The Hall–Kier alpha value is -0.160. The average molecular weight is 230 g/mol. The number of methoxy groups -OCH3 is 1. The van der Waals surface area contributed by atoms with E-state index in [2.05, 4.69) is 19.2 Å². The lowest BCUT2D eigenvalue weighted by Crippen LogP contribution is -2.61. The molecular formula is C12H26N2O2. The third-order valence-corrected chi connectivity index (χ3v) is 3.64. The minimum atomic E-state index is -0.299. The molecule has 2 N–H and O–H groups in total. The van der Waals surface area contributed by atoms with Gasteiger partial charge in [0.15, 0.2) is 0 Å². The fraction of sp³-hybridized carbons (Fsp3) is 1.00. The molecule has 1 aliphatic rings. The van der Waals surface area contributed by atoms with Crippen molar-refractivity contribution < 1.29 is 9.84 Å². The number of nitrogens with zero attached hydrogens (tertiary/aromatic N) is 1. The molecule has 4 heteroatoms. The van der Waals surface area contributed by atoms with Gasteiger partial charge in [0.1, 0.15) is 0 Å². The first-order chi connectivity index (χ1) is 7.37. The van der Waals surface area contributed by atoms with Crippen LogP contribution in [0.15, 0.2) is 0 Å². The van der Waals surface area contributed by atoms with Gasteiger partial charge in [0, 0.05) is 31.7 Å². The summed E-state index contributed by atoms with van der Waals surface area (Å²) < 4.78 is 5.39. The van der Waals surface area contributed by atoms with Crippen LogP contribution in [0.2, 0.25) is 0 Å². The van der Waals surface area contributed by atoms with E-state index < -0.39 is 0 Å². The molecule has 0 aliphatic heterocycles. The summed E-state index contributed by atoms with van der Waals surface area (Å²) >= 11 is 0. The number of ether oxygens (including phenoxy) is 1. The number of hydrogen-bond acceptors (Lipinski definition) is 4. The minimum absolute atomic E-state index is 0.173. The maximum absolute atomic E-state index is 9.75. The largest absolute Gasteiger partial charge is 0.390 e. The second kappa shape index (κ2) is 5.45. The summed E-state index contributed by atoms with van der Waals surface area (Å²) in [5.74, 6) is 0. The molecular weight excluding hydrogens is 204 g/mol. The molecule has 0 radical (unpaired) electrons. The van der Waals surface area contributed by atoms with Gasteiger partial charge in [0.25, 0.3) is 0 Å². The number of nitrogens with one attached hydrogen (secondary N) is 1. The number of aliphatic hydroxyl groups is 1. The minimum Gasteiger partial charge on any atom is -0.390 e. The van der Waals surface area contributed by atoms with Crippen LogP contribution in [0, 0.1) is 5.41 Å². The summed E-state index contributed by atoms with van der Waals surface area (Å²) in [6, 6.07) is 0.453. The van der Waals surface area contributed by atoms with Gasteiger partial charge >= 0.3 is 0 Å². The first-order valence-electron chi connectivity index (χ1n) is 5.97. The third-order valence-electron chi connectivity index (χ3n) is 3.64. The van der Waals surface area contributed by atoms with Crippen LogP contribution in [0.4, 0.5) is 0 Å². The Bertz CT molecular complexity index is 219. The van der Waals surface area contributed by atoms with Crippen molar-refractivity contribution in [2.24, 2.45) is 5.41 Å². The van der Waals surface area contributed by atoms with Crippen molar-refractivity contribution in [2.75, 3.05) is 34.3 Å². The van der Waals surface area contributed by atoms with Crippen LogP contribution in [-0.4, -0.2) is 62.6 Å². The van der Waals surface area contributed by atoms with E-state index in [1.807, 2.05) is 19.0 Å². The quantitative estimate of drug-likeness (QED) is 0.689. The van der Waals surface area contributed by atoms with Crippen LogP contribution in [0.25, 0.3) is 0 Å². The zero-order valence-electron chi connectivity index (χ0n) is 11.2. The van der Waals surface area contributed by atoms with E-state index in [-0.39, 0.29) is 11.5 Å². The first kappa shape index (κ1) is 13.9. The number of likely N-dealkylation sites (N-methyl/N-ethyl adjacent to an activating group) is 1. The van der Waals surface area contributed by atoms with Crippen molar-refractivity contribution in [2.45, 2.75) is 38.5 Å². The van der Waals surface area contributed by atoms with Crippen molar-refractivity contribution in [3.63, 3.8) is 0 Å². The summed E-state index contributed by atoms with van der Waals surface area (Å²) in [5, 5.41) is 13.2. The standard InChI is InChI=1S/C12H26N2O2/c1-12(2)10(6-11(12)16-5)13-7-9(15)8-14(3)4/h9-11,13,15H,6-8H2,1-5H3. The van der Waals surface area contributed by atoms with Crippen molar-refractivity contribution >= 4 is 0 Å². The highest BCUT2D eigenvalue weighted by atomic mass is 16.5. The number of rotatable bonds is 6. The highest BCUT2D eigenvalue weighted by molar-refractivity contribution is 5.02. The Kier molecular flexibility index (Phi) is 4.73. The first-order valence-corrected chi connectivity index (χ1v) is 5.97. The van der Waals surface area contributed by atoms with E-state index in [1.165, 1.54) is 0 Å². The van der Waals surface area contributed by atoms with Crippen LogP contribution in [-0.2, 0) is 4.74 Å². The summed E-state index contributed by atoms with van der Waals surface area (Å²) in [6.45, 7) is 5.78. The molecule has 4 nitrogen and oxygen atoms in total. The molecule has 3 unspecified atom stereocenters. The van der Waals surface area contributed by atoms with E-state index in [0.29, 0.717) is 25.2 Å². The lowest BCUT2D eigenvalue weighted by atomic mass is 9.64. The summed E-state index contributed by atoms with van der Waals surface area (Å²) in [4.78, 5) is 2.00. The highest BCUT2D eigenvalue weighted by Crippen LogP contribution is 2.42. The molecule has 0 amide bonds. The van der Waals surface area contributed by atoms with Crippen LogP contribution in [0.1, 0.15) is 20.3 Å². The monoisotopic (exact) mass is 230 g/mol. The molecule has 0 heterocycles. The normalized spacial score (nSPS) is 30.2. The van der Waals surface area contributed by atoms with E-state index in [9.17, 15) is 5.11 Å². The van der Waals surface area contributed by atoms with Gasteiger partial charge < -0.3 is 20.1 Å². The molecule has 1 fully saturated rings. The van der Waals surface area contributed by atoms with Gasteiger partial charge in [-0.05, 0) is 20.5 Å². The lowest BCUT2D eigenvalue weighted by molar-refractivity contribution is -0.0993. The molecule has 0 aromatic rings. The predicted molar refractivity (Wildman–Crippen MR) is 65.5 cm³/mol. The zero-order chi connectivity index (χ0) is 12.3. The van der Waals surface area contributed by atoms with Crippen molar-refractivity contribution in [1.29, 1.82) is 0 Å². The number of hydrogen-bond donors (Lipinski definition) is 2. The maximum Gasteiger partial charge on any atom is 0.0791 e. The zero-order valence-corrected chi connectivity index (χ0v) is 11.2. The van der Waals surface area contributed by atoms with Crippen LogP contribution in [0.5, 0.6) is 0 Å². The lowest BCUT2D eigenvalue weighted by Gasteiger charge is -2.51. The van der Waals surface area contributed by atoms with E-state index in [0.717, 1.165) is 6.42 Å². The van der Waals surface area contributed by atoms with Gasteiger partial charge in [-0.3, -0.25) is 0 Å². The predicted octanol–water partition coefficient (Wildman–Crippen LogP) is 0.312. The third kappa shape index (κ3) is 3.17. The Morgan fingerprint density at radius 3 is 2.56 bits per heavy atom. The van der Waals surface area contributed by atoms with Gasteiger partial charge in [-0.15, -0.1) is 0 Å². The van der Waals surface area contributed by atoms with E-state index in [1.54, 1.807) is 7.11 Å². The van der Waals surface area contributed by atoms with E-state index >= 15 is 0 Å². The van der Waals surface area contributed by atoms with Gasteiger partial charge in [-0.1, -0.05) is 13.8 Å². The van der Waals surface area contributed by atoms with Crippen LogP contribution in [0.3, 0.4) is 0 Å². The maximum atomic E-state index is 9.75. The summed E-state index contributed by atoms with van der Waals surface area (Å²) in [5.41, 5.74) is 0.173. The Morgan fingerprint density at radius 1 is 1.50 bits per heavy atom. The fourth-order valence-corrected chi connectivity index (χ4v) is 2.40. The van der Waals surface area contributed by atoms with E-state index in [4.69, 9.17) is 4.74 Å². The second-order valence-corrected chi connectivity index (χ2v) is 5.66. The Balaban J connectivity index is 2.25. The van der Waals surface area contributed by atoms with Gasteiger partial charge in [-0.25, -0.2) is 0 Å². The molecule has 1 aliphatic carbocycles. The Morgan fingerprint density at radius 2 is 2.12 bits per heavy atom. The average Bonchev–Trinajstić information content (AvgIpc) is 2.15. The molecule has 3 atom stereocenters. The smallest absolute Gasteiger partial charge is 0.0791 e. The molecule has 0 saturated heterocycles.